The van der Waals surface area contributed by atoms with Gasteiger partial charge >= 0.3 is 0 Å². The Morgan fingerprint density at radius 2 is 1.72 bits per heavy atom. The molecule has 0 unspecified atom stereocenters. The molecule has 1 aliphatic rings. The Hall–Kier alpha value is -3.41. The van der Waals surface area contributed by atoms with Gasteiger partial charge in [0.15, 0.2) is 0 Å². The summed E-state index contributed by atoms with van der Waals surface area (Å²) in [5.41, 5.74) is 3.90. The number of aromatic nitrogens is 1. The van der Waals surface area contributed by atoms with Gasteiger partial charge in [-0.05, 0) is 30.3 Å². The lowest BCUT2D eigenvalue weighted by atomic mass is 10.0. The Labute approximate surface area is 194 Å². The molecule has 1 aromatic heterocycles. The molecule has 0 N–H and O–H groups in total. The number of carbonyl (C=O) groups is 1. The summed E-state index contributed by atoms with van der Waals surface area (Å²) in [5, 5.41) is 7.55. The van der Waals surface area contributed by atoms with Gasteiger partial charge in [0.25, 0.3) is 0 Å². The number of pyridine rings is 1. The second kappa shape index (κ2) is 8.26. The van der Waals surface area contributed by atoms with Crippen molar-refractivity contribution in [2.45, 2.75) is 13.2 Å². The molecule has 0 fully saturated rings. The number of hydrazone groups is 1. The number of ether oxygens (including phenoxy) is 1. The van der Waals surface area contributed by atoms with Crippen LogP contribution < -0.4 is 0 Å². The van der Waals surface area contributed by atoms with Crippen molar-refractivity contribution in [1.29, 1.82) is 0 Å². The topological polar surface area (TPSA) is 54.8 Å². The second-order valence-electron chi connectivity index (χ2n) is 7.34. The second-order valence-corrected chi connectivity index (χ2v) is 8.19. The number of rotatable bonds is 3. The van der Waals surface area contributed by atoms with Crippen molar-refractivity contribution in [2.24, 2.45) is 5.10 Å². The van der Waals surface area contributed by atoms with E-state index in [4.69, 9.17) is 32.9 Å². The Balaban J connectivity index is 1.65. The fourth-order valence-electron chi connectivity index (χ4n) is 3.70. The van der Waals surface area contributed by atoms with E-state index in [0.29, 0.717) is 15.6 Å². The summed E-state index contributed by atoms with van der Waals surface area (Å²) < 4.78 is 6.23. The Kier molecular flexibility index (Phi) is 5.29. The Morgan fingerprint density at radius 1 is 0.969 bits per heavy atom. The fourth-order valence-corrected chi connectivity index (χ4v) is 4.19. The first-order chi connectivity index (χ1) is 15.5. The van der Waals surface area contributed by atoms with E-state index in [9.17, 15) is 4.79 Å². The predicted octanol–water partition coefficient (Wildman–Crippen LogP) is 6.45. The number of hydrogen-bond donors (Lipinski definition) is 0. The highest BCUT2D eigenvalue weighted by molar-refractivity contribution is 6.36. The highest BCUT2D eigenvalue weighted by atomic mass is 35.5. The van der Waals surface area contributed by atoms with E-state index >= 15 is 0 Å². The minimum Gasteiger partial charge on any atom is -0.446 e. The quantitative estimate of drug-likeness (QED) is 0.352. The molecule has 0 spiro atoms. The summed E-state index contributed by atoms with van der Waals surface area (Å²) in [6.07, 6.45) is -0.760. The number of nitrogens with zero attached hydrogens (tertiary/aromatic N) is 3. The lowest BCUT2D eigenvalue weighted by Crippen LogP contribution is -2.25. The molecule has 0 bridgehead atoms. The minimum atomic E-state index is -0.760. The van der Waals surface area contributed by atoms with Crippen LogP contribution in [0.25, 0.3) is 22.2 Å². The first-order valence-corrected chi connectivity index (χ1v) is 10.7. The van der Waals surface area contributed by atoms with Crippen molar-refractivity contribution in [3.8, 4) is 11.3 Å². The average Bonchev–Trinajstić information content (AvgIpc) is 3.24. The van der Waals surface area contributed by atoms with E-state index in [2.05, 4.69) is 5.10 Å². The van der Waals surface area contributed by atoms with Gasteiger partial charge in [0.2, 0.25) is 18.0 Å². The maximum Gasteiger partial charge on any atom is 0.243 e. The third-order valence-corrected chi connectivity index (χ3v) is 5.76. The van der Waals surface area contributed by atoms with Gasteiger partial charge in [-0.3, -0.25) is 4.79 Å². The number of amides is 1. The molecule has 7 heteroatoms. The summed E-state index contributed by atoms with van der Waals surface area (Å²) in [4.78, 5) is 17.3. The van der Waals surface area contributed by atoms with Gasteiger partial charge in [-0.1, -0.05) is 71.7 Å². The number of fused-ring (bicyclic) bond motifs is 1. The first-order valence-electron chi connectivity index (χ1n) is 9.97. The van der Waals surface area contributed by atoms with Crippen molar-refractivity contribution in [2.75, 3.05) is 0 Å². The molecule has 2 heterocycles. The van der Waals surface area contributed by atoms with Crippen LogP contribution in [0.5, 0.6) is 0 Å². The first kappa shape index (κ1) is 20.5. The summed E-state index contributed by atoms with van der Waals surface area (Å²) in [7, 11) is 0. The van der Waals surface area contributed by atoms with Gasteiger partial charge in [0, 0.05) is 28.5 Å². The normalized spacial score (nSPS) is 15.5. The van der Waals surface area contributed by atoms with Crippen LogP contribution in [0.1, 0.15) is 24.3 Å². The third kappa shape index (κ3) is 3.70. The van der Waals surface area contributed by atoms with Gasteiger partial charge in [0.1, 0.15) is 0 Å². The SMILES string of the molecule is CC(=O)N1N=C(c2ccc(Cl)cc2Cl)O[C@H]1c1cc(-c2ccccc2)nc2ccccc12. The molecule has 158 valence electrons. The van der Waals surface area contributed by atoms with Crippen molar-refractivity contribution < 1.29 is 9.53 Å². The van der Waals surface area contributed by atoms with Crippen LogP contribution >= 0.6 is 23.2 Å². The monoisotopic (exact) mass is 461 g/mol. The van der Waals surface area contributed by atoms with Crippen LogP contribution in [0.3, 0.4) is 0 Å². The summed E-state index contributed by atoms with van der Waals surface area (Å²) in [5.74, 6) is 0.00580. The predicted molar refractivity (Wildman–Crippen MR) is 127 cm³/mol. The molecule has 5 rings (SSSR count). The van der Waals surface area contributed by atoms with Crippen molar-refractivity contribution >= 4 is 45.9 Å². The van der Waals surface area contributed by atoms with E-state index in [-0.39, 0.29) is 11.8 Å². The van der Waals surface area contributed by atoms with Gasteiger partial charge in [-0.15, -0.1) is 5.10 Å². The largest absolute Gasteiger partial charge is 0.446 e. The molecule has 4 aromatic rings. The van der Waals surface area contributed by atoms with Crippen molar-refractivity contribution in [3.05, 3.63) is 100 Å². The lowest BCUT2D eigenvalue weighted by molar-refractivity contribution is -0.135. The summed E-state index contributed by atoms with van der Waals surface area (Å²) in [6, 6.07) is 24.6. The fraction of sp³-hybridized carbons (Fsp3) is 0.0800. The van der Waals surface area contributed by atoms with Crippen LogP contribution in [0.15, 0.2) is 84.0 Å². The van der Waals surface area contributed by atoms with E-state index < -0.39 is 6.23 Å². The molecule has 0 saturated heterocycles. The van der Waals surface area contributed by atoms with Crippen LogP contribution in [0, 0.1) is 0 Å². The number of carbonyl (C=O) groups excluding carboxylic acids is 1. The minimum absolute atomic E-state index is 0.253. The van der Waals surface area contributed by atoms with E-state index in [1.807, 2.05) is 60.7 Å². The maximum absolute atomic E-state index is 12.5. The smallest absolute Gasteiger partial charge is 0.243 e. The maximum atomic E-state index is 12.5. The van der Waals surface area contributed by atoms with Crippen LogP contribution in [-0.2, 0) is 9.53 Å². The van der Waals surface area contributed by atoms with Gasteiger partial charge in [-0.2, -0.15) is 5.01 Å². The van der Waals surface area contributed by atoms with Gasteiger partial charge < -0.3 is 4.74 Å². The zero-order chi connectivity index (χ0) is 22.2. The van der Waals surface area contributed by atoms with Crippen LogP contribution in [-0.4, -0.2) is 21.8 Å². The van der Waals surface area contributed by atoms with Gasteiger partial charge in [0.05, 0.1) is 21.8 Å². The number of halogens is 2. The molecule has 1 atom stereocenters. The van der Waals surface area contributed by atoms with Crippen molar-refractivity contribution in [3.63, 3.8) is 0 Å². The molecule has 32 heavy (non-hydrogen) atoms. The molecular formula is C25H17Cl2N3O2. The van der Waals surface area contributed by atoms with E-state index in [1.54, 1.807) is 18.2 Å². The molecule has 0 radical (unpaired) electrons. The molecule has 0 saturated carbocycles. The van der Waals surface area contributed by atoms with Crippen LogP contribution in [0.2, 0.25) is 10.0 Å². The summed E-state index contributed by atoms with van der Waals surface area (Å²) in [6.45, 7) is 1.45. The Bertz CT molecular complexity index is 1370. The highest BCUT2D eigenvalue weighted by Gasteiger charge is 2.35. The van der Waals surface area contributed by atoms with Gasteiger partial charge in [-0.25, -0.2) is 4.98 Å². The Morgan fingerprint density at radius 3 is 2.47 bits per heavy atom. The van der Waals surface area contributed by atoms with E-state index in [0.717, 1.165) is 27.7 Å². The standard InChI is InChI=1S/C25H17Cl2N3O2/c1-15(31)30-25(32-24(29-30)19-12-11-17(26)13-21(19)27)20-14-23(16-7-3-2-4-8-16)28-22-10-6-5-9-18(20)22/h2-14,25H,1H3/t25-/m0/s1. The summed E-state index contributed by atoms with van der Waals surface area (Å²) >= 11 is 12.4. The number of para-hydroxylation sites is 1. The number of hydrogen-bond acceptors (Lipinski definition) is 4. The van der Waals surface area contributed by atoms with Crippen molar-refractivity contribution in [1.82, 2.24) is 9.99 Å². The molecule has 0 aliphatic carbocycles. The lowest BCUT2D eigenvalue weighted by Gasteiger charge is -2.21. The molecular weight excluding hydrogens is 445 g/mol. The molecule has 1 aliphatic heterocycles. The average molecular weight is 462 g/mol. The highest BCUT2D eigenvalue weighted by Crippen LogP contribution is 2.37. The molecule has 1 amide bonds. The van der Waals surface area contributed by atoms with E-state index in [1.165, 1.54) is 11.9 Å². The van der Waals surface area contributed by atoms with Crippen LogP contribution in [0.4, 0.5) is 0 Å². The zero-order valence-electron chi connectivity index (χ0n) is 17.0. The number of benzene rings is 3. The zero-order valence-corrected chi connectivity index (χ0v) is 18.5. The molecule has 5 nitrogen and oxygen atoms in total. The third-order valence-electron chi connectivity index (χ3n) is 5.21. The molecule has 3 aromatic carbocycles.